The highest BCUT2D eigenvalue weighted by atomic mass is 16.5. The van der Waals surface area contributed by atoms with Gasteiger partial charge in [0.15, 0.2) is 11.8 Å². The Morgan fingerprint density at radius 2 is 1.88 bits per heavy atom. The van der Waals surface area contributed by atoms with Crippen molar-refractivity contribution in [2.75, 3.05) is 7.11 Å². The van der Waals surface area contributed by atoms with E-state index in [2.05, 4.69) is 0 Å². The van der Waals surface area contributed by atoms with Crippen molar-refractivity contribution in [3.8, 4) is 5.75 Å². The number of benzene rings is 1. The average Bonchev–Trinajstić information content (AvgIpc) is 2.29. The number of carbonyl (C=O) groups is 2. The Kier molecular flexibility index (Phi) is 3.85. The molecular weight excluding hydrogens is 222 g/mol. The van der Waals surface area contributed by atoms with Crippen LogP contribution >= 0.6 is 0 Å². The van der Waals surface area contributed by atoms with E-state index in [1.54, 1.807) is 26.0 Å². The summed E-state index contributed by atoms with van der Waals surface area (Å²) in [4.78, 5) is 22.5. The third kappa shape index (κ3) is 2.62. The van der Waals surface area contributed by atoms with Gasteiger partial charge in [-0.15, -0.1) is 0 Å². The number of carboxylic acids is 1. The lowest BCUT2D eigenvalue weighted by atomic mass is 9.97. The molecule has 5 heteroatoms. The summed E-state index contributed by atoms with van der Waals surface area (Å²) in [7, 11) is 1.53. The number of aliphatic carboxylic acids is 1. The van der Waals surface area contributed by atoms with Gasteiger partial charge in [0.1, 0.15) is 5.75 Å². The van der Waals surface area contributed by atoms with Gasteiger partial charge in [-0.3, -0.25) is 9.59 Å². The molecule has 1 aromatic rings. The van der Waals surface area contributed by atoms with Crippen molar-refractivity contribution < 1.29 is 19.4 Å². The molecule has 0 saturated carbocycles. The van der Waals surface area contributed by atoms with Crippen LogP contribution in [0.3, 0.4) is 0 Å². The number of methoxy groups -OCH3 is 1. The fourth-order valence-electron chi connectivity index (χ4n) is 1.55. The zero-order valence-electron chi connectivity index (χ0n) is 9.98. The van der Waals surface area contributed by atoms with Gasteiger partial charge in [-0.05, 0) is 37.1 Å². The van der Waals surface area contributed by atoms with Crippen molar-refractivity contribution in [2.45, 2.75) is 19.9 Å². The summed E-state index contributed by atoms with van der Waals surface area (Å²) in [6.45, 7) is 3.49. The molecule has 0 fully saturated rings. The number of carbonyl (C=O) groups excluding carboxylic acids is 1. The van der Waals surface area contributed by atoms with Crippen LogP contribution in [-0.2, 0) is 4.79 Å². The quantitative estimate of drug-likeness (QED) is 0.600. The highest BCUT2D eigenvalue weighted by molar-refractivity contribution is 6.12. The number of carboxylic acid groups (broad SMARTS) is 1. The van der Waals surface area contributed by atoms with Gasteiger partial charge in [0.2, 0.25) is 0 Å². The van der Waals surface area contributed by atoms with Gasteiger partial charge in [-0.2, -0.15) is 0 Å². The van der Waals surface area contributed by atoms with Gasteiger partial charge >= 0.3 is 5.97 Å². The molecule has 0 amide bonds. The molecule has 0 aromatic heterocycles. The minimum Gasteiger partial charge on any atom is -0.496 e. The van der Waals surface area contributed by atoms with Crippen LogP contribution in [0.5, 0.6) is 5.75 Å². The number of ketones is 1. The minimum absolute atomic E-state index is 0.318. The van der Waals surface area contributed by atoms with Crippen molar-refractivity contribution in [1.82, 2.24) is 0 Å². The Bertz CT molecular complexity index is 468. The summed E-state index contributed by atoms with van der Waals surface area (Å²) in [5.74, 6) is -1.27. The number of hydrogen-bond donors (Lipinski definition) is 2. The van der Waals surface area contributed by atoms with Crippen LogP contribution < -0.4 is 10.5 Å². The lowest BCUT2D eigenvalue weighted by Gasteiger charge is -2.12. The highest BCUT2D eigenvalue weighted by Gasteiger charge is 2.24. The predicted octanol–water partition coefficient (Wildman–Crippen LogP) is 0.907. The maximum Gasteiger partial charge on any atom is 0.328 e. The average molecular weight is 237 g/mol. The van der Waals surface area contributed by atoms with Gasteiger partial charge in [-0.25, -0.2) is 0 Å². The Morgan fingerprint density at radius 1 is 1.29 bits per heavy atom. The Balaban J connectivity index is 3.20. The van der Waals surface area contributed by atoms with Crippen LogP contribution in [0, 0.1) is 13.8 Å². The Hall–Kier alpha value is -1.88. The first kappa shape index (κ1) is 13.2. The topological polar surface area (TPSA) is 89.6 Å². The second-order valence-corrected chi connectivity index (χ2v) is 3.82. The van der Waals surface area contributed by atoms with Crippen molar-refractivity contribution >= 4 is 11.8 Å². The molecule has 0 aliphatic rings. The largest absolute Gasteiger partial charge is 0.496 e. The van der Waals surface area contributed by atoms with Crippen LogP contribution in [0.15, 0.2) is 12.1 Å². The fraction of sp³-hybridized carbons (Fsp3) is 0.333. The van der Waals surface area contributed by atoms with Gasteiger partial charge in [0.25, 0.3) is 0 Å². The first-order chi connectivity index (χ1) is 7.88. The molecule has 0 aliphatic heterocycles. The lowest BCUT2D eigenvalue weighted by Crippen LogP contribution is -2.38. The molecule has 92 valence electrons. The smallest absolute Gasteiger partial charge is 0.328 e. The standard InChI is InChI=1S/C12H15NO4/c1-6-5-9(17-3)7(2)4-8(6)11(14)10(13)12(15)16/h4-5,10H,13H2,1-3H3,(H,15,16). The van der Waals surface area contributed by atoms with E-state index in [1.165, 1.54) is 7.11 Å². The SMILES string of the molecule is COc1cc(C)c(C(=O)C(N)C(=O)O)cc1C. The van der Waals surface area contributed by atoms with Gasteiger partial charge < -0.3 is 15.6 Å². The third-order valence-electron chi connectivity index (χ3n) is 2.56. The van der Waals surface area contributed by atoms with Crippen LogP contribution in [0.2, 0.25) is 0 Å². The van der Waals surface area contributed by atoms with E-state index in [0.717, 1.165) is 5.56 Å². The van der Waals surface area contributed by atoms with Gasteiger partial charge in [0.05, 0.1) is 7.11 Å². The zero-order valence-corrected chi connectivity index (χ0v) is 9.98. The second kappa shape index (κ2) is 4.97. The lowest BCUT2D eigenvalue weighted by molar-refractivity contribution is -0.137. The fourth-order valence-corrected chi connectivity index (χ4v) is 1.55. The molecule has 0 spiro atoms. The van der Waals surface area contributed by atoms with Crippen LogP contribution in [0.25, 0.3) is 0 Å². The molecular formula is C12H15NO4. The third-order valence-corrected chi connectivity index (χ3v) is 2.56. The first-order valence-corrected chi connectivity index (χ1v) is 5.06. The monoisotopic (exact) mass is 237 g/mol. The number of rotatable bonds is 4. The summed E-state index contributed by atoms with van der Waals surface area (Å²) in [6.07, 6.45) is 0. The van der Waals surface area contributed by atoms with E-state index < -0.39 is 17.8 Å². The second-order valence-electron chi connectivity index (χ2n) is 3.82. The van der Waals surface area contributed by atoms with Crippen LogP contribution in [0.4, 0.5) is 0 Å². The molecule has 1 aromatic carbocycles. The number of Topliss-reactive ketones (excluding diaryl/α,β-unsaturated/α-hetero) is 1. The van der Waals surface area contributed by atoms with Gasteiger partial charge in [0, 0.05) is 5.56 Å². The zero-order chi connectivity index (χ0) is 13.2. The Morgan fingerprint density at radius 3 is 2.35 bits per heavy atom. The molecule has 1 atom stereocenters. The molecule has 0 bridgehead atoms. The maximum absolute atomic E-state index is 11.8. The normalized spacial score (nSPS) is 12.0. The highest BCUT2D eigenvalue weighted by Crippen LogP contribution is 2.23. The number of nitrogens with two attached hydrogens (primary N) is 1. The number of ether oxygens (including phenoxy) is 1. The minimum atomic E-state index is -1.53. The van der Waals surface area contributed by atoms with E-state index in [-0.39, 0.29) is 0 Å². The number of aryl methyl sites for hydroxylation is 2. The molecule has 0 radical (unpaired) electrons. The number of hydrogen-bond acceptors (Lipinski definition) is 4. The molecule has 0 aliphatic carbocycles. The van der Waals surface area contributed by atoms with E-state index in [4.69, 9.17) is 15.6 Å². The summed E-state index contributed by atoms with van der Waals surface area (Å²) in [6, 6.07) is 1.76. The maximum atomic E-state index is 11.8. The van der Waals surface area contributed by atoms with Gasteiger partial charge in [-0.1, -0.05) is 0 Å². The van der Waals surface area contributed by atoms with Crippen molar-refractivity contribution in [3.63, 3.8) is 0 Å². The molecule has 1 unspecified atom stereocenters. The molecule has 0 saturated heterocycles. The van der Waals surface area contributed by atoms with E-state index in [0.29, 0.717) is 16.9 Å². The summed E-state index contributed by atoms with van der Waals surface area (Å²) < 4.78 is 5.11. The molecule has 0 heterocycles. The molecule has 17 heavy (non-hydrogen) atoms. The molecule has 3 N–H and O–H groups in total. The van der Waals surface area contributed by atoms with Crippen LogP contribution in [0.1, 0.15) is 21.5 Å². The summed E-state index contributed by atoms with van der Waals surface area (Å²) >= 11 is 0. The summed E-state index contributed by atoms with van der Waals surface area (Å²) in [5, 5.41) is 8.70. The Labute approximate surface area is 99.2 Å². The van der Waals surface area contributed by atoms with E-state index >= 15 is 0 Å². The predicted molar refractivity (Wildman–Crippen MR) is 62.4 cm³/mol. The molecule has 1 rings (SSSR count). The van der Waals surface area contributed by atoms with E-state index in [1.807, 2.05) is 0 Å². The van der Waals surface area contributed by atoms with Crippen molar-refractivity contribution in [2.24, 2.45) is 5.73 Å². The first-order valence-electron chi connectivity index (χ1n) is 5.06. The van der Waals surface area contributed by atoms with E-state index in [9.17, 15) is 9.59 Å². The van der Waals surface area contributed by atoms with Crippen molar-refractivity contribution in [3.05, 3.63) is 28.8 Å². The van der Waals surface area contributed by atoms with Crippen molar-refractivity contribution in [1.29, 1.82) is 0 Å². The molecule has 5 nitrogen and oxygen atoms in total. The van der Waals surface area contributed by atoms with Crippen LogP contribution in [-0.4, -0.2) is 30.0 Å². The summed E-state index contributed by atoms with van der Waals surface area (Å²) in [5.41, 5.74) is 7.03.